The van der Waals surface area contributed by atoms with E-state index in [1.807, 2.05) is 7.05 Å². The zero-order valence-corrected chi connectivity index (χ0v) is 25.5. The van der Waals surface area contributed by atoms with E-state index in [0.717, 1.165) is 37.0 Å². The van der Waals surface area contributed by atoms with E-state index in [9.17, 15) is 9.65 Å². The van der Waals surface area contributed by atoms with E-state index in [-0.39, 0.29) is 77.6 Å². The molecule has 2 aromatic carbocycles. The van der Waals surface area contributed by atoms with E-state index in [0.29, 0.717) is 44.1 Å². The molecule has 4 aromatic rings. The van der Waals surface area contributed by atoms with Gasteiger partial charge in [0, 0.05) is 41.4 Å². The van der Waals surface area contributed by atoms with Gasteiger partial charge in [-0.1, -0.05) is 17.7 Å². The summed E-state index contributed by atoms with van der Waals surface area (Å²) in [6, 6.07) is 4.92. The first-order chi connectivity index (χ1) is 21.3. The van der Waals surface area contributed by atoms with Crippen LogP contribution in [0.5, 0.6) is 11.8 Å². The van der Waals surface area contributed by atoms with E-state index in [2.05, 4.69) is 21.3 Å². The highest BCUT2D eigenvalue weighted by Crippen LogP contribution is 2.53. The normalized spacial score (nSPS) is 25.1. The van der Waals surface area contributed by atoms with Crippen molar-refractivity contribution in [2.24, 2.45) is 11.3 Å². The number of hydrogen-bond acceptors (Lipinski definition) is 10. The number of anilines is 2. The lowest BCUT2D eigenvalue weighted by Gasteiger charge is -2.46. The molecule has 3 aliphatic heterocycles. The van der Waals surface area contributed by atoms with E-state index in [4.69, 9.17) is 36.5 Å². The molecule has 2 aromatic heterocycles. The Kier molecular flexibility index (Phi) is 6.54. The highest BCUT2D eigenvalue weighted by atomic mass is 35.5. The first-order valence-corrected chi connectivity index (χ1v) is 15.9. The predicted octanol–water partition coefficient (Wildman–Crippen LogP) is 5.65. The van der Waals surface area contributed by atoms with Gasteiger partial charge in [0.25, 0.3) is 0 Å². The minimum absolute atomic E-state index is 0.00364. The Morgan fingerprint density at radius 2 is 2.11 bits per heavy atom. The number of nitriles is 1. The first kappa shape index (κ1) is 28.0. The third-order valence-corrected chi connectivity index (χ3v) is 11.1. The smallest absolute Gasteiger partial charge is 0.319 e. The van der Waals surface area contributed by atoms with Crippen molar-refractivity contribution in [1.29, 1.82) is 5.26 Å². The number of hydrogen-bond donors (Lipinski definition) is 2. The number of nitrogens with two attached hydrogens (primary N) is 1. The lowest BCUT2D eigenvalue weighted by molar-refractivity contribution is 0.0784. The fourth-order valence-electron chi connectivity index (χ4n) is 7.21. The average molecular weight is 639 g/mol. The van der Waals surface area contributed by atoms with Crippen LogP contribution >= 0.6 is 22.9 Å². The standard InChI is InChI=1S/C31H29ClF2N6O3S/c1-37-6-7-40-19-5-2-14(19)11-41-26-22-25(38-30(39-29(22)40)43-13-31-8-15(9-31)42-12-31)24(34)21(23(26)32)16-3-4-18(33)27-20(16)17(10-35)28(36)44-27/h3-4,14-15,19,37H,2,5-9,11-13,36H2,1H3. The van der Waals surface area contributed by atoms with Crippen LogP contribution in [-0.2, 0) is 4.74 Å². The fourth-order valence-corrected chi connectivity index (χ4v) is 8.49. The number of rotatable bonds is 7. The number of benzene rings is 2. The summed E-state index contributed by atoms with van der Waals surface area (Å²) in [5.41, 5.74) is 6.26. The summed E-state index contributed by atoms with van der Waals surface area (Å²) in [6.45, 7) is 2.67. The van der Waals surface area contributed by atoms with Gasteiger partial charge in [-0.25, -0.2) is 8.78 Å². The summed E-state index contributed by atoms with van der Waals surface area (Å²) in [5, 5.41) is 13.8. The van der Waals surface area contributed by atoms with Crippen molar-refractivity contribution in [3.05, 3.63) is 34.4 Å². The number of fused-ring (bicyclic) bond motifs is 3. The molecule has 2 bridgehead atoms. The van der Waals surface area contributed by atoms with Crippen molar-refractivity contribution in [1.82, 2.24) is 15.3 Å². The molecule has 4 fully saturated rings. The SMILES string of the molecule is CNCCN1c2nc(OCC34COC(C3)C4)nc3c(F)c(-c4ccc(F)c5sc(N)c(C#N)c45)c(Cl)c(c23)OCC2CCC21. The van der Waals surface area contributed by atoms with Crippen molar-refractivity contribution in [2.75, 3.05) is 50.6 Å². The van der Waals surface area contributed by atoms with Crippen molar-refractivity contribution in [3.8, 4) is 29.0 Å². The molecule has 9 nitrogen and oxygen atoms in total. The number of aromatic nitrogens is 2. The second-order valence-corrected chi connectivity index (χ2v) is 13.7. The van der Waals surface area contributed by atoms with E-state index in [1.165, 1.54) is 12.1 Å². The van der Waals surface area contributed by atoms with Gasteiger partial charge in [0.15, 0.2) is 11.6 Å². The number of likely N-dealkylation sites (N-methyl/N-ethyl adjacent to an activating group) is 1. The molecule has 2 atom stereocenters. The van der Waals surface area contributed by atoms with Gasteiger partial charge in [0.05, 0.1) is 46.6 Å². The summed E-state index contributed by atoms with van der Waals surface area (Å²) in [6.07, 6.45) is 4.04. The highest BCUT2D eigenvalue weighted by Gasteiger charge is 2.52. The van der Waals surface area contributed by atoms with Crippen molar-refractivity contribution >= 4 is 54.7 Å². The maximum absolute atomic E-state index is 17.1. The van der Waals surface area contributed by atoms with Crippen LogP contribution in [0.25, 0.3) is 32.1 Å². The van der Waals surface area contributed by atoms with Gasteiger partial charge in [-0.2, -0.15) is 15.2 Å². The van der Waals surface area contributed by atoms with E-state index < -0.39 is 11.6 Å². The number of halogens is 3. The topological polar surface area (TPSA) is 119 Å². The Hall–Kier alpha value is -3.50. The zero-order valence-electron chi connectivity index (χ0n) is 23.9. The molecular formula is C31H29ClF2N6O3S. The lowest BCUT2D eigenvalue weighted by Crippen LogP contribution is -2.52. The number of ether oxygens (including phenoxy) is 3. The van der Waals surface area contributed by atoms with Crippen LogP contribution in [0.2, 0.25) is 5.02 Å². The minimum atomic E-state index is -0.738. The Labute approximate surface area is 260 Å². The van der Waals surface area contributed by atoms with Gasteiger partial charge >= 0.3 is 6.01 Å². The molecule has 0 amide bonds. The summed E-state index contributed by atoms with van der Waals surface area (Å²) < 4.78 is 50.5. The molecule has 44 heavy (non-hydrogen) atoms. The quantitative estimate of drug-likeness (QED) is 0.265. The van der Waals surface area contributed by atoms with Gasteiger partial charge in [0.2, 0.25) is 0 Å². The van der Waals surface area contributed by atoms with Crippen LogP contribution in [-0.4, -0.2) is 62.1 Å². The first-order valence-electron chi connectivity index (χ1n) is 14.7. The molecule has 2 aliphatic carbocycles. The highest BCUT2D eigenvalue weighted by molar-refractivity contribution is 7.23. The molecule has 0 spiro atoms. The molecule has 0 radical (unpaired) electrons. The fraction of sp³-hybridized carbons (Fsp3) is 0.452. The Morgan fingerprint density at radius 1 is 1.27 bits per heavy atom. The van der Waals surface area contributed by atoms with Crippen LogP contribution in [0.4, 0.5) is 19.6 Å². The van der Waals surface area contributed by atoms with Crippen LogP contribution < -0.4 is 25.4 Å². The van der Waals surface area contributed by atoms with E-state index in [1.54, 1.807) is 0 Å². The Morgan fingerprint density at radius 3 is 2.82 bits per heavy atom. The minimum Gasteiger partial charge on any atom is -0.491 e. The number of nitrogen functional groups attached to an aromatic ring is 1. The molecule has 3 N–H and O–H groups in total. The van der Waals surface area contributed by atoms with Crippen molar-refractivity contribution in [3.63, 3.8) is 0 Å². The third-order valence-electron chi connectivity index (χ3n) is 9.69. The van der Waals surface area contributed by atoms with Gasteiger partial charge in [-0.3, -0.25) is 0 Å². The maximum atomic E-state index is 17.1. The molecule has 5 heterocycles. The molecule has 2 saturated carbocycles. The van der Waals surface area contributed by atoms with Gasteiger partial charge in [-0.15, -0.1) is 11.3 Å². The second kappa shape index (κ2) is 10.3. The molecule has 5 aliphatic rings. The Bertz CT molecular complexity index is 1890. The maximum Gasteiger partial charge on any atom is 0.319 e. The molecular weight excluding hydrogens is 610 g/mol. The second-order valence-electron chi connectivity index (χ2n) is 12.3. The van der Waals surface area contributed by atoms with Gasteiger partial charge in [-0.05, 0) is 44.4 Å². The average Bonchev–Trinajstić information content (AvgIpc) is 3.68. The third kappa shape index (κ3) is 4.06. The largest absolute Gasteiger partial charge is 0.491 e. The van der Waals surface area contributed by atoms with Crippen molar-refractivity contribution < 1.29 is 23.0 Å². The number of thiophene rings is 1. The molecule has 9 rings (SSSR count). The molecule has 228 valence electrons. The van der Waals surface area contributed by atoms with Crippen LogP contribution in [0, 0.1) is 34.3 Å². The van der Waals surface area contributed by atoms with Crippen LogP contribution in [0.3, 0.4) is 0 Å². The van der Waals surface area contributed by atoms with Gasteiger partial charge in [0.1, 0.15) is 28.2 Å². The Balaban J connectivity index is 1.38. The van der Waals surface area contributed by atoms with Gasteiger partial charge < -0.3 is 30.2 Å². The zero-order chi connectivity index (χ0) is 30.3. The molecule has 13 heteroatoms. The lowest BCUT2D eigenvalue weighted by atomic mass is 9.71. The monoisotopic (exact) mass is 638 g/mol. The van der Waals surface area contributed by atoms with E-state index >= 15 is 4.39 Å². The van der Waals surface area contributed by atoms with Crippen LogP contribution in [0.15, 0.2) is 12.1 Å². The number of nitrogens with zero attached hydrogens (tertiary/aromatic N) is 4. The molecule has 2 unspecified atom stereocenters. The number of nitrogens with one attached hydrogen (secondary N) is 1. The van der Waals surface area contributed by atoms with Crippen molar-refractivity contribution in [2.45, 2.75) is 37.8 Å². The molecule has 2 saturated heterocycles. The summed E-state index contributed by atoms with van der Waals surface area (Å²) >= 11 is 8.00. The summed E-state index contributed by atoms with van der Waals surface area (Å²) in [4.78, 5) is 11.7. The van der Waals surface area contributed by atoms with Crippen LogP contribution in [0.1, 0.15) is 31.2 Å². The summed E-state index contributed by atoms with van der Waals surface area (Å²) in [5.74, 6) is -0.318. The summed E-state index contributed by atoms with van der Waals surface area (Å²) in [7, 11) is 1.89. The predicted molar refractivity (Wildman–Crippen MR) is 165 cm³/mol.